The Morgan fingerprint density at radius 1 is 1.43 bits per heavy atom. The lowest BCUT2D eigenvalue weighted by atomic mass is 10.1. The van der Waals surface area contributed by atoms with E-state index in [2.05, 4.69) is 31.9 Å². The van der Waals surface area contributed by atoms with Gasteiger partial charge in [0, 0.05) is 29.1 Å². The Kier molecular flexibility index (Phi) is 4.31. The van der Waals surface area contributed by atoms with Gasteiger partial charge >= 0.3 is 0 Å². The summed E-state index contributed by atoms with van der Waals surface area (Å²) in [6, 6.07) is 6.57. The van der Waals surface area contributed by atoms with E-state index in [0.29, 0.717) is 6.04 Å². The summed E-state index contributed by atoms with van der Waals surface area (Å²) in [4.78, 5) is 6.83. The second-order valence-electron chi connectivity index (χ2n) is 5.58. The molecule has 3 rings (SSSR count). The fourth-order valence-electron chi connectivity index (χ4n) is 3.24. The van der Waals surface area contributed by atoms with Gasteiger partial charge in [0.25, 0.3) is 0 Å². The highest BCUT2D eigenvalue weighted by atomic mass is 79.9. The molecule has 1 aromatic heterocycles. The molecule has 1 aromatic carbocycles. The van der Waals surface area contributed by atoms with Crippen molar-refractivity contribution < 1.29 is 5.11 Å². The van der Waals surface area contributed by atoms with Crippen LogP contribution in [0.15, 0.2) is 28.9 Å². The van der Waals surface area contributed by atoms with Gasteiger partial charge in [-0.25, -0.2) is 0 Å². The number of benzene rings is 1. The largest absolute Gasteiger partial charge is 0.396 e. The van der Waals surface area contributed by atoms with E-state index in [1.165, 1.54) is 6.42 Å². The van der Waals surface area contributed by atoms with Gasteiger partial charge in [0.1, 0.15) is 0 Å². The maximum absolute atomic E-state index is 9.09. The van der Waals surface area contributed by atoms with Crippen LogP contribution in [-0.2, 0) is 0 Å². The van der Waals surface area contributed by atoms with Gasteiger partial charge in [-0.05, 0) is 43.9 Å². The molecule has 1 saturated heterocycles. The number of hydrogen-bond acceptors (Lipinski definition) is 4. The zero-order valence-electron chi connectivity index (χ0n) is 11.9. The molecule has 21 heavy (non-hydrogen) atoms. The number of aliphatic hydroxyl groups excluding tert-OH is 1. The van der Waals surface area contributed by atoms with Crippen molar-refractivity contribution in [2.75, 3.05) is 23.8 Å². The monoisotopic (exact) mass is 349 g/mol. The van der Waals surface area contributed by atoms with Crippen molar-refractivity contribution in [3.8, 4) is 0 Å². The quantitative estimate of drug-likeness (QED) is 0.888. The lowest BCUT2D eigenvalue weighted by Crippen LogP contribution is -2.30. The van der Waals surface area contributed by atoms with E-state index in [1.54, 1.807) is 6.20 Å². The third-order valence-corrected chi connectivity index (χ3v) is 4.68. The number of rotatable bonds is 4. The summed E-state index contributed by atoms with van der Waals surface area (Å²) < 4.78 is 1.04. The molecule has 112 valence electrons. The second-order valence-corrected chi connectivity index (χ2v) is 6.49. The van der Waals surface area contributed by atoms with Gasteiger partial charge in [-0.3, -0.25) is 4.98 Å². The first-order valence-corrected chi connectivity index (χ1v) is 8.21. The normalized spacial score (nSPS) is 18.6. The van der Waals surface area contributed by atoms with Gasteiger partial charge in [-0.1, -0.05) is 15.9 Å². The summed E-state index contributed by atoms with van der Waals surface area (Å²) in [6.45, 7) is 1.27. The Hall–Kier alpha value is -1.33. The topological polar surface area (TPSA) is 62.4 Å². The number of nitrogen functional groups attached to an aromatic ring is 1. The van der Waals surface area contributed by atoms with Crippen molar-refractivity contribution in [3.05, 3.63) is 28.9 Å². The minimum atomic E-state index is 0.252. The highest BCUT2D eigenvalue weighted by Crippen LogP contribution is 2.38. The van der Waals surface area contributed by atoms with Crippen LogP contribution in [-0.4, -0.2) is 29.3 Å². The van der Waals surface area contributed by atoms with Gasteiger partial charge in [0.15, 0.2) is 0 Å². The molecule has 0 amide bonds. The third-order valence-electron chi connectivity index (χ3n) is 4.19. The average Bonchev–Trinajstić information content (AvgIpc) is 2.92. The highest BCUT2D eigenvalue weighted by molar-refractivity contribution is 9.10. The predicted molar refractivity (Wildman–Crippen MR) is 90.5 cm³/mol. The molecular formula is C16H20BrN3O. The fraction of sp³-hybridized carbons (Fsp3) is 0.438. The molecule has 1 atom stereocenters. The lowest BCUT2D eigenvalue weighted by Gasteiger charge is -2.29. The number of hydrogen-bond donors (Lipinski definition) is 2. The molecule has 1 aliphatic rings. The number of halogens is 1. The molecule has 1 unspecified atom stereocenters. The summed E-state index contributed by atoms with van der Waals surface area (Å²) in [5, 5.41) is 10.2. The summed E-state index contributed by atoms with van der Waals surface area (Å²) in [5.74, 6) is 0. The second kappa shape index (κ2) is 6.20. The SMILES string of the molecule is Nc1cnc2ccc(Br)cc2c1N1CCCC1CCCO. The smallest absolute Gasteiger partial charge is 0.0745 e. The van der Waals surface area contributed by atoms with E-state index in [4.69, 9.17) is 10.8 Å². The van der Waals surface area contributed by atoms with Crippen molar-refractivity contribution in [2.45, 2.75) is 31.7 Å². The lowest BCUT2D eigenvalue weighted by molar-refractivity contribution is 0.279. The number of nitrogens with two attached hydrogens (primary N) is 1. The molecule has 2 heterocycles. The Morgan fingerprint density at radius 2 is 2.29 bits per heavy atom. The van der Waals surface area contributed by atoms with E-state index in [-0.39, 0.29) is 6.61 Å². The number of aliphatic hydroxyl groups is 1. The van der Waals surface area contributed by atoms with Crippen LogP contribution < -0.4 is 10.6 Å². The molecule has 0 radical (unpaired) electrons. The Balaban J connectivity index is 2.05. The Labute approximate surface area is 133 Å². The third kappa shape index (κ3) is 2.85. The first-order valence-electron chi connectivity index (χ1n) is 7.42. The van der Waals surface area contributed by atoms with Gasteiger partial charge in [-0.15, -0.1) is 0 Å². The predicted octanol–water partition coefficient (Wildman–Crippen LogP) is 3.32. The summed E-state index contributed by atoms with van der Waals surface area (Å²) in [6.07, 6.45) is 5.94. The number of nitrogens with zero attached hydrogens (tertiary/aromatic N) is 2. The van der Waals surface area contributed by atoms with Crippen LogP contribution in [0.4, 0.5) is 11.4 Å². The number of anilines is 2. The molecule has 0 bridgehead atoms. The van der Waals surface area contributed by atoms with Crippen LogP contribution in [0.3, 0.4) is 0 Å². The van der Waals surface area contributed by atoms with Crippen LogP contribution in [0.1, 0.15) is 25.7 Å². The standard InChI is InChI=1S/C16H20BrN3O/c17-11-5-6-15-13(9-11)16(14(18)10-19-15)20-7-1-3-12(20)4-2-8-21/h5-6,9-10,12,21H,1-4,7-8,18H2. The maximum atomic E-state index is 9.09. The Morgan fingerprint density at radius 3 is 3.10 bits per heavy atom. The van der Waals surface area contributed by atoms with Crippen molar-refractivity contribution in [3.63, 3.8) is 0 Å². The molecular weight excluding hydrogens is 330 g/mol. The summed E-state index contributed by atoms with van der Waals surface area (Å²) >= 11 is 3.54. The van der Waals surface area contributed by atoms with E-state index in [0.717, 1.165) is 52.6 Å². The van der Waals surface area contributed by atoms with Crippen LogP contribution in [0, 0.1) is 0 Å². The van der Waals surface area contributed by atoms with Gasteiger partial charge in [0.2, 0.25) is 0 Å². The minimum Gasteiger partial charge on any atom is -0.396 e. The number of aromatic nitrogens is 1. The van der Waals surface area contributed by atoms with E-state index in [1.807, 2.05) is 12.1 Å². The molecule has 3 N–H and O–H groups in total. The van der Waals surface area contributed by atoms with Gasteiger partial charge < -0.3 is 15.7 Å². The zero-order valence-corrected chi connectivity index (χ0v) is 13.5. The van der Waals surface area contributed by atoms with Crippen molar-refractivity contribution in [1.29, 1.82) is 0 Å². The number of pyridine rings is 1. The van der Waals surface area contributed by atoms with Crippen molar-refractivity contribution in [1.82, 2.24) is 4.98 Å². The molecule has 5 heteroatoms. The zero-order chi connectivity index (χ0) is 14.8. The fourth-order valence-corrected chi connectivity index (χ4v) is 3.60. The number of fused-ring (bicyclic) bond motifs is 1. The first-order chi connectivity index (χ1) is 10.2. The highest BCUT2D eigenvalue weighted by Gasteiger charge is 2.27. The van der Waals surface area contributed by atoms with E-state index < -0.39 is 0 Å². The van der Waals surface area contributed by atoms with Crippen LogP contribution in [0.5, 0.6) is 0 Å². The molecule has 0 aliphatic carbocycles. The molecule has 1 fully saturated rings. The first kappa shape index (κ1) is 14.6. The van der Waals surface area contributed by atoms with E-state index in [9.17, 15) is 0 Å². The summed E-state index contributed by atoms with van der Waals surface area (Å²) in [7, 11) is 0. The molecule has 2 aromatic rings. The van der Waals surface area contributed by atoms with Gasteiger partial charge in [-0.2, -0.15) is 0 Å². The molecule has 4 nitrogen and oxygen atoms in total. The average molecular weight is 350 g/mol. The minimum absolute atomic E-state index is 0.252. The maximum Gasteiger partial charge on any atom is 0.0745 e. The van der Waals surface area contributed by atoms with Gasteiger partial charge in [0.05, 0.1) is 23.1 Å². The van der Waals surface area contributed by atoms with Crippen molar-refractivity contribution >= 4 is 38.2 Å². The van der Waals surface area contributed by atoms with Crippen LogP contribution >= 0.6 is 15.9 Å². The Bertz CT molecular complexity index is 641. The molecule has 1 aliphatic heterocycles. The molecule has 0 saturated carbocycles. The van der Waals surface area contributed by atoms with Crippen molar-refractivity contribution in [2.24, 2.45) is 0 Å². The van der Waals surface area contributed by atoms with Crippen LogP contribution in [0.2, 0.25) is 0 Å². The van der Waals surface area contributed by atoms with E-state index >= 15 is 0 Å². The van der Waals surface area contributed by atoms with Crippen LogP contribution in [0.25, 0.3) is 10.9 Å². The molecule has 0 spiro atoms. The summed E-state index contributed by atoms with van der Waals surface area (Å²) in [5.41, 5.74) is 9.04.